The minimum absolute atomic E-state index is 0.196. The van der Waals surface area contributed by atoms with Gasteiger partial charge in [-0.25, -0.2) is 4.79 Å². The molecule has 0 amide bonds. The Morgan fingerprint density at radius 1 is 1.27 bits per heavy atom. The standard InChI is InChI=1S/C11H18O4/c1-5-9(11(13)15-7-3)10(8(4)12)14-6-2/h5,10H,6-7H2,1-4H3. The predicted octanol–water partition coefficient (Wildman–Crippen LogP) is 1.49. The van der Waals surface area contributed by atoms with Crippen molar-refractivity contribution in [2.75, 3.05) is 13.2 Å². The molecule has 86 valence electrons. The third-order valence-corrected chi connectivity index (χ3v) is 1.81. The molecule has 0 rings (SSSR count). The first-order valence-corrected chi connectivity index (χ1v) is 5.03. The molecule has 0 radical (unpaired) electrons. The van der Waals surface area contributed by atoms with Crippen molar-refractivity contribution >= 4 is 11.8 Å². The van der Waals surface area contributed by atoms with Crippen molar-refractivity contribution in [3.05, 3.63) is 11.6 Å². The average molecular weight is 214 g/mol. The van der Waals surface area contributed by atoms with Crippen LogP contribution in [0.25, 0.3) is 0 Å². The Morgan fingerprint density at radius 2 is 1.87 bits per heavy atom. The number of carbonyl (C=O) groups is 2. The summed E-state index contributed by atoms with van der Waals surface area (Å²) >= 11 is 0. The van der Waals surface area contributed by atoms with Crippen LogP contribution < -0.4 is 0 Å². The minimum atomic E-state index is -0.806. The van der Waals surface area contributed by atoms with Gasteiger partial charge in [-0.05, 0) is 27.7 Å². The second-order valence-electron chi connectivity index (χ2n) is 2.91. The van der Waals surface area contributed by atoms with Crippen LogP contribution in [0.2, 0.25) is 0 Å². The predicted molar refractivity (Wildman–Crippen MR) is 56.5 cm³/mol. The molecule has 0 aliphatic rings. The fraction of sp³-hybridized carbons (Fsp3) is 0.636. The maximum atomic E-state index is 11.5. The van der Waals surface area contributed by atoms with Crippen molar-refractivity contribution in [2.24, 2.45) is 0 Å². The highest BCUT2D eigenvalue weighted by Gasteiger charge is 2.25. The van der Waals surface area contributed by atoms with Crippen LogP contribution in [0, 0.1) is 0 Å². The molecule has 0 saturated carbocycles. The Bertz CT molecular complexity index is 255. The Balaban J connectivity index is 4.75. The molecule has 0 aliphatic carbocycles. The molecule has 4 heteroatoms. The molecule has 15 heavy (non-hydrogen) atoms. The highest BCUT2D eigenvalue weighted by molar-refractivity contribution is 5.98. The first kappa shape index (κ1) is 13.8. The Labute approximate surface area is 90.2 Å². The minimum Gasteiger partial charge on any atom is -0.463 e. The molecular formula is C11H18O4. The maximum Gasteiger partial charge on any atom is 0.336 e. The van der Waals surface area contributed by atoms with Crippen LogP contribution in [-0.4, -0.2) is 31.1 Å². The highest BCUT2D eigenvalue weighted by atomic mass is 16.5. The first-order chi connectivity index (χ1) is 7.08. The summed E-state index contributed by atoms with van der Waals surface area (Å²) in [4.78, 5) is 22.7. The van der Waals surface area contributed by atoms with Crippen molar-refractivity contribution in [1.29, 1.82) is 0 Å². The van der Waals surface area contributed by atoms with E-state index in [1.54, 1.807) is 26.8 Å². The summed E-state index contributed by atoms with van der Waals surface area (Å²) in [6.45, 7) is 7.22. The van der Waals surface area contributed by atoms with E-state index < -0.39 is 12.1 Å². The van der Waals surface area contributed by atoms with E-state index in [0.717, 1.165) is 0 Å². The summed E-state index contributed by atoms with van der Waals surface area (Å²) in [5.41, 5.74) is 0.270. The maximum absolute atomic E-state index is 11.5. The lowest BCUT2D eigenvalue weighted by Crippen LogP contribution is -2.29. The SMILES string of the molecule is CC=C(C(=O)OCC)C(OCC)C(C)=O. The topological polar surface area (TPSA) is 52.6 Å². The van der Waals surface area contributed by atoms with Crippen molar-refractivity contribution < 1.29 is 19.1 Å². The quantitative estimate of drug-likeness (QED) is 0.496. The summed E-state index contributed by atoms with van der Waals surface area (Å²) in [6.07, 6.45) is 0.749. The van der Waals surface area contributed by atoms with Gasteiger partial charge in [0.15, 0.2) is 5.78 Å². The third-order valence-electron chi connectivity index (χ3n) is 1.81. The van der Waals surface area contributed by atoms with Gasteiger partial charge >= 0.3 is 5.97 Å². The lowest BCUT2D eigenvalue weighted by atomic mass is 10.1. The lowest BCUT2D eigenvalue weighted by molar-refractivity contribution is -0.142. The summed E-state index contributed by atoms with van der Waals surface area (Å²) < 4.78 is 10.0. The van der Waals surface area contributed by atoms with Crippen LogP contribution in [0.3, 0.4) is 0 Å². The zero-order valence-corrected chi connectivity index (χ0v) is 9.70. The molecule has 4 nitrogen and oxygen atoms in total. The van der Waals surface area contributed by atoms with Gasteiger partial charge in [-0.15, -0.1) is 0 Å². The number of hydrogen-bond acceptors (Lipinski definition) is 4. The van der Waals surface area contributed by atoms with Crippen molar-refractivity contribution in [1.82, 2.24) is 0 Å². The molecule has 1 atom stereocenters. The molecule has 0 fully saturated rings. The number of ketones is 1. The van der Waals surface area contributed by atoms with Crippen LogP contribution in [0.4, 0.5) is 0 Å². The van der Waals surface area contributed by atoms with Gasteiger partial charge in [0.2, 0.25) is 0 Å². The van der Waals surface area contributed by atoms with Gasteiger partial charge < -0.3 is 9.47 Å². The van der Waals surface area contributed by atoms with Gasteiger partial charge in [0, 0.05) is 6.61 Å². The molecule has 0 aromatic heterocycles. The monoisotopic (exact) mass is 214 g/mol. The van der Waals surface area contributed by atoms with Crippen molar-refractivity contribution in [2.45, 2.75) is 33.8 Å². The van der Waals surface area contributed by atoms with E-state index in [9.17, 15) is 9.59 Å². The molecule has 0 heterocycles. The lowest BCUT2D eigenvalue weighted by Gasteiger charge is -2.16. The molecule has 0 aliphatic heterocycles. The van der Waals surface area contributed by atoms with Gasteiger partial charge in [0.05, 0.1) is 12.2 Å². The molecule has 0 spiro atoms. The largest absolute Gasteiger partial charge is 0.463 e. The fourth-order valence-corrected chi connectivity index (χ4v) is 1.18. The van der Waals surface area contributed by atoms with Gasteiger partial charge in [0.25, 0.3) is 0 Å². The molecule has 0 N–H and O–H groups in total. The third kappa shape index (κ3) is 4.25. The van der Waals surface area contributed by atoms with Crippen molar-refractivity contribution in [3.8, 4) is 0 Å². The van der Waals surface area contributed by atoms with E-state index in [1.807, 2.05) is 0 Å². The summed E-state index contributed by atoms with van der Waals surface area (Å²) in [5.74, 6) is -0.688. The molecule has 0 aromatic rings. The second kappa shape index (κ2) is 7.17. The summed E-state index contributed by atoms with van der Waals surface area (Å²) in [5, 5.41) is 0. The molecule has 1 unspecified atom stereocenters. The smallest absolute Gasteiger partial charge is 0.336 e. The first-order valence-electron chi connectivity index (χ1n) is 5.03. The number of allylic oxidation sites excluding steroid dienone is 1. The summed E-state index contributed by atoms with van der Waals surface area (Å²) in [6, 6.07) is 0. The molecule has 0 bridgehead atoms. The normalized spacial score (nSPS) is 13.5. The van der Waals surface area contributed by atoms with Crippen LogP contribution in [0.5, 0.6) is 0 Å². The van der Waals surface area contributed by atoms with E-state index in [-0.39, 0.29) is 18.0 Å². The van der Waals surface area contributed by atoms with E-state index in [2.05, 4.69) is 0 Å². The number of hydrogen-bond donors (Lipinski definition) is 0. The summed E-state index contributed by atoms with van der Waals surface area (Å²) in [7, 11) is 0. The van der Waals surface area contributed by atoms with Gasteiger partial charge in [0.1, 0.15) is 6.10 Å². The number of ether oxygens (including phenoxy) is 2. The van der Waals surface area contributed by atoms with Crippen LogP contribution in [-0.2, 0) is 19.1 Å². The van der Waals surface area contributed by atoms with E-state index in [0.29, 0.717) is 6.61 Å². The zero-order chi connectivity index (χ0) is 11.8. The molecule has 0 saturated heterocycles. The van der Waals surface area contributed by atoms with Crippen LogP contribution >= 0.6 is 0 Å². The average Bonchev–Trinajstić information content (AvgIpc) is 2.18. The zero-order valence-electron chi connectivity index (χ0n) is 9.70. The van der Waals surface area contributed by atoms with Gasteiger partial charge in [-0.1, -0.05) is 6.08 Å². The Kier molecular flexibility index (Phi) is 6.62. The second-order valence-corrected chi connectivity index (χ2v) is 2.91. The Hall–Kier alpha value is -1.16. The number of rotatable bonds is 6. The van der Waals surface area contributed by atoms with Crippen LogP contribution in [0.15, 0.2) is 11.6 Å². The van der Waals surface area contributed by atoms with E-state index in [4.69, 9.17) is 9.47 Å². The molecule has 0 aromatic carbocycles. The van der Waals surface area contributed by atoms with Crippen LogP contribution in [0.1, 0.15) is 27.7 Å². The number of Topliss-reactive ketones (excluding diaryl/α,β-unsaturated/α-hetero) is 1. The van der Waals surface area contributed by atoms with Gasteiger partial charge in [-0.2, -0.15) is 0 Å². The number of carbonyl (C=O) groups excluding carboxylic acids is 2. The Morgan fingerprint density at radius 3 is 2.20 bits per heavy atom. The van der Waals surface area contributed by atoms with Crippen molar-refractivity contribution in [3.63, 3.8) is 0 Å². The molecular weight excluding hydrogens is 196 g/mol. The van der Waals surface area contributed by atoms with E-state index >= 15 is 0 Å². The van der Waals surface area contributed by atoms with Gasteiger partial charge in [-0.3, -0.25) is 4.79 Å². The highest BCUT2D eigenvalue weighted by Crippen LogP contribution is 2.10. The fourth-order valence-electron chi connectivity index (χ4n) is 1.18. The van der Waals surface area contributed by atoms with E-state index in [1.165, 1.54) is 6.92 Å². The number of esters is 1.